The number of nitrogens with two attached hydrogens (primary N) is 1. The Kier molecular flexibility index (Phi) is 3.80. The Morgan fingerprint density at radius 1 is 1.37 bits per heavy atom. The molecule has 1 saturated heterocycles. The summed E-state index contributed by atoms with van der Waals surface area (Å²) in [6, 6.07) is 4.15. The van der Waals surface area contributed by atoms with Gasteiger partial charge in [-0.05, 0) is 49.4 Å². The lowest BCUT2D eigenvalue weighted by molar-refractivity contribution is 0.0616. The second-order valence-corrected chi connectivity index (χ2v) is 5.28. The number of aromatic nitrogens is 2. The van der Waals surface area contributed by atoms with Crippen LogP contribution in [-0.2, 0) is 17.7 Å². The molecule has 1 aliphatic heterocycles. The van der Waals surface area contributed by atoms with Crippen LogP contribution in [0.25, 0.3) is 11.0 Å². The molecule has 0 saturated carbocycles. The first-order chi connectivity index (χ1) is 9.38. The summed E-state index contributed by atoms with van der Waals surface area (Å²) in [6.07, 6.45) is 7.33. The Morgan fingerprint density at radius 3 is 3.00 bits per heavy atom. The first-order valence-corrected chi connectivity index (χ1v) is 7.09. The third kappa shape index (κ3) is 2.65. The van der Waals surface area contributed by atoms with Crippen molar-refractivity contribution in [2.45, 2.75) is 25.8 Å². The second-order valence-electron chi connectivity index (χ2n) is 5.28. The first kappa shape index (κ1) is 12.6. The van der Waals surface area contributed by atoms with Crippen LogP contribution in [0, 0.1) is 5.92 Å². The third-order valence-electron chi connectivity index (χ3n) is 3.93. The maximum absolute atomic E-state index is 5.70. The van der Waals surface area contributed by atoms with Gasteiger partial charge in [0.05, 0.1) is 0 Å². The zero-order valence-electron chi connectivity index (χ0n) is 11.2. The summed E-state index contributed by atoms with van der Waals surface area (Å²) < 4.78 is 7.73. The average Bonchev–Trinajstić information content (AvgIpc) is 2.79. The molecule has 1 aliphatic rings. The van der Waals surface area contributed by atoms with Crippen LogP contribution in [0.1, 0.15) is 18.4 Å². The van der Waals surface area contributed by atoms with Crippen molar-refractivity contribution < 1.29 is 4.74 Å². The highest BCUT2D eigenvalue weighted by molar-refractivity contribution is 5.80. The molecule has 0 unspecified atom stereocenters. The molecule has 102 valence electrons. The molecule has 4 nitrogen and oxygen atoms in total. The third-order valence-corrected chi connectivity index (χ3v) is 3.93. The number of fused-ring (bicyclic) bond motifs is 1. The molecule has 3 heterocycles. The summed E-state index contributed by atoms with van der Waals surface area (Å²) in [4.78, 5) is 4.54. The Morgan fingerprint density at radius 2 is 2.21 bits per heavy atom. The minimum Gasteiger partial charge on any atom is -0.381 e. The van der Waals surface area contributed by atoms with Crippen LogP contribution >= 0.6 is 0 Å². The first-order valence-electron chi connectivity index (χ1n) is 7.09. The fourth-order valence-electron chi connectivity index (χ4n) is 2.90. The molecule has 0 spiro atoms. The SMILES string of the molecule is NCCc1cn(CC2CCOCC2)c2ncccc12. The van der Waals surface area contributed by atoms with Gasteiger partial charge in [-0.1, -0.05) is 0 Å². The molecular weight excluding hydrogens is 238 g/mol. The van der Waals surface area contributed by atoms with Crippen molar-refractivity contribution in [2.75, 3.05) is 19.8 Å². The number of rotatable bonds is 4. The molecule has 0 radical (unpaired) electrons. The molecule has 3 rings (SSSR count). The van der Waals surface area contributed by atoms with Crippen LogP contribution in [-0.4, -0.2) is 29.3 Å². The van der Waals surface area contributed by atoms with E-state index in [4.69, 9.17) is 10.5 Å². The predicted molar refractivity (Wildman–Crippen MR) is 76.0 cm³/mol. The van der Waals surface area contributed by atoms with E-state index in [1.807, 2.05) is 12.3 Å². The van der Waals surface area contributed by atoms with Crippen molar-refractivity contribution in [3.05, 3.63) is 30.1 Å². The van der Waals surface area contributed by atoms with E-state index in [1.165, 1.54) is 10.9 Å². The van der Waals surface area contributed by atoms with Gasteiger partial charge in [-0.3, -0.25) is 0 Å². The van der Waals surface area contributed by atoms with E-state index in [0.29, 0.717) is 12.5 Å². The van der Waals surface area contributed by atoms with E-state index in [1.54, 1.807) is 0 Å². The molecule has 2 aromatic rings. The monoisotopic (exact) mass is 259 g/mol. The van der Waals surface area contributed by atoms with Gasteiger partial charge in [-0.15, -0.1) is 0 Å². The van der Waals surface area contributed by atoms with Crippen LogP contribution in [0.5, 0.6) is 0 Å². The van der Waals surface area contributed by atoms with Crippen molar-refractivity contribution in [1.82, 2.24) is 9.55 Å². The lowest BCUT2D eigenvalue weighted by Gasteiger charge is -2.22. The normalized spacial score (nSPS) is 17.1. The average molecular weight is 259 g/mol. The quantitative estimate of drug-likeness (QED) is 0.913. The summed E-state index contributed by atoms with van der Waals surface area (Å²) in [5, 5.41) is 1.25. The summed E-state index contributed by atoms with van der Waals surface area (Å²) in [6.45, 7) is 3.52. The van der Waals surface area contributed by atoms with E-state index < -0.39 is 0 Å². The molecule has 0 bridgehead atoms. The van der Waals surface area contributed by atoms with Gasteiger partial charge in [0, 0.05) is 37.5 Å². The lowest BCUT2D eigenvalue weighted by Crippen LogP contribution is -2.20. The predicted octanol–water partition coefficient (Wildman–Crippen LogP) is 1.96. The van der Waals surface area contributed by atoms with Gasteiger partial charge in [0.25, 0.3) is 0 Å². The van der Waals surface area contributed by atoms with Crippen LogP contribution in [0.2, 0.25) is 0 Å². The number of pyridine rings is 1. The molecule has 0 atom stereocenters. The van der Waals surface area contributed by atoms with Crippen LogP contribution in [0.3, 0.4) is 0 Å². The second kappa shape index (κ2) is 5.72. The molecule has 2 aromatic heterocycles. The number of hydrogen-bond donors (Lipinski definition) is 1. The fraction of sp³-hybridized carbons (Fsp3) is 0.533. The molecule has 1 fully saturated rings. The highest BCUT2D eigenvalue weighted by Crippen LogP contribution is 2.23. The minimum atomic E-state index is 0.686. The van der Waals surface area contributed by atoms with Gasteiger partial charge in [0.15, 0.2) is 0 Å². The summed E-state index contributed by atoms with van der Waals surface area (Å²) >= 11 is 0. The molecular formula is C15H21N3O. The van der Waals surface area contributed by atoms with Gasteiger partial charge in [0.1, 0.15) is 5.65 Å². The standard InChI is InChI=1S/C15H21N3O/c16-6-3-13-11-18(10-12-4-8-19-9-5-12)15-14(13)2-1-7-17-15/h1-2,7,11-12H,3-6,8-10,16H2. The zero-order valence-corrected chi connectivity index (χ0v) is 11.2. The molecule has 0 amide bonds. The summed E-state index contributed by atoms with van der Waals surface area (Å²) in [5.41, 5.74) is 8.11. The van der Waals surface area contributed by atoms with E-state index in [-0.39, 0.29) is 0 Å². The zero-order chi connectivity index (χ0) is 13.1. The summed E-state index contributed by atoms with van der Waals surface area (Å²) in [5.74, 6) is 0.706. The molecule has 19 heavy (non-hydrogen) atoms. The van der Waals surface area contributed by atoms with Gasteiger partial charge >= 0.3 is 0 Å². The lowest BCUT2D eigenvalue weighted by atomic mass is 10.0. The summed E-state index contributed by atoms with van der Waals surface area (Å²) in [7, 11) is 0. The van der Waals surface area contributed by atoms with Crippen molar-refractivity contribution in [2.24, 2.45) is 11.7 Å². The van der Waals surface area contributed by atoms with Crippen molar-refractivity contribution >= 4 is 11.0 Å². The van der Waals surface area contributed by atoms with Crippen molar-refractivity contribution in [3.63, 3.8) is 0 Å². The maximum atomic E-state index is 5.70. The van der Waals surface area contributed by atoms with Crippen LogP contribution in [0.4, 0.5) is 0 Å². The Bertz CT molecular complexity index is 543. The fourth-order valence-corrected chi connectivity index (χ4v) is 2.90. The van der Waals surface area contributed by atoms with Gasteiger partial charge < -0.3 is 15.0 Å². The van der Waals surface area contributed by atoms with Gasteiger partial charge in [0.2, 0.25) is 0 Å². The Labute approximate surface area is 113 Å². The Hall–Kier alpha value is -1.39. The highest BCUT2D eigenvalue weighted by Gasteiger charge is 2.16. The largest absolute Gasteiger partial charge is 0.381 e. The van der Waals surface area contributed by atoms with Gasteiger partial charge in [-0.2, -0.15) is 0 Å². The Balaban J connectivity index is 1.89. The maximum Gasteiger partial charge on any atom is 0.140 e. The van der Waals surface area contributed by atoms with E-state index in [0.717, 1.165) is 44.7 Å². The van der Waals surface area contributed by atoms with Gasteiger partial charge in [-0.25, -0.2) is 4.98 Å². The number of hydrogen-bond acceptors (Lipinski definition) is 3. The van der Waals surface area contributed by atoms with Crippen molar-refractivity contribution in [3.8, 4) is 0 Å². The van der Waals surface area contributed by atoms with E-state index in [9.17, 15) is 0 Å². The number of ether oxygens (including phenoxy) is 1. The number of nitrogens with zero attached hydrogens (tertiary/aromatic N) is 2. The van der Waals surface area contributed by atoms with E-state index >= 15 is 0 Å². The van der Waals surface area contributed by atoms with Crippen LogP contribution in [0.15, 0.2) is 24.5 Å². The van der Waals surface area contributed by atoms with Crippen LogP contribution < -0.4 is 5.73 Å². The minimum absolute atomic E-state index is 0.686. The van der Waals surface area contributed by atoms with Crippen molar-refractivity contribution in [1.29, 1.82) is 0 Å². The smallest absolute Gasteiger partial charge is 0.140 e. The highest BCUT2D eigenvalue weighted by atomic mass is 16.5. The molecule has 0 aliphatic carbocycles. The molecule has 0 aromatic carbocycles. The molecule has 4 heteroatoms. The topological polar surface area (TPSA) is 53.1 Å². The molecule has 2 N–H and O–H groups in total. The van der Waals surface area contributed by atoms with E-state index in [2.05, 4.69) is 21.8 Å².